The molecule has 1 saturated carbocycles. The zero-order valence-corrected chi connectivity index (χ0v) is 23.0. The minimum Gasteiger partial charge on any atom is -0.444 e. The summed E-state index contributed by atoms with van der Waals surface area (Å²) in [5.41, 5.74) is -3.94. The number of amides is 2. The Balaban J connectivity index is 1.42. The number of carbonyl (C=O) groups excluding carboxylic acids is 2. The van der Waals surface area contributed by atoms with Crippen LogP contribution in [0.2, 0.25) is 10.0 Å². The lowest BCUT2D eigenvalue weighted by atomic mass is 9.71. The summed E-state index contributed by atoms with van der Waals surface area (Å²) in [6.45, 7) is 6.42. The zero-order valence-electron chi connectivity index (χ0n) is 21.5. The molecule has 3 heterocycles. The first-order valence-corrected chi connectivity index (χ1v) is 13.0. The maximum absolute atomic E-state index is 15.3. The number of aromatic nitrogens is 2. The fourth-order valence-electron chi connectivity index (χ4n) is 5.25. The van der Waals surface area contributed by atoms with E-state index in [0.717, 1.165) is 12.1 Å². The van der Waals surface area contributed by atoms with Crippen LogP contribution in [0.25, 0.3) is 0 Å². The summed E-state index contributed by atoms with van der Waals surface area (Å²) < 4.78 is 69.2. The fraction of sp³-hybridized carbons (Fsp3) is 0.600. The van der Waals surface area contributed by atoms with E-state index in [9.17, 15) is 18.4 Å². The largest absolute Gasteiger partial charge is 0.444 e. The second kappa shape index (κ2) is 8.70. The molecule has 1 spiro atoms. The number of hydrogen-bond acceptors (Lipinski definition) is 6. The van der Waals surface area contributed by atoms with Crippen molar-refractivity contribution >= 4 is 35.2 Å². The van der Waals surface area contributed by atoms with Crippen LogP contribution in [-0.2, 0) is 15.5 Å². The van der Waals surface area contributed by atoms with E-state index in [1.165, 1.54) is 22.8 Å². The van der Waals surface area contributed by atoms with Gasteiger partial charge in [0.2, 0.25) is 11.8 Å². The number of nitrogens with zero attached hydrogens (tertiary/aromatic N) is 4. The minimum absolute atomic E-state index is 0.00957. The van der Waals surface area contributed by atoms with Gasteiger partial charge in [-0.3, -0.25) is 4.79 Å². The zero-order chi connectivity index (χ0) is 28.8. The summed E-state index contributed by atoms with van der Waals surface area (Å²) in [5.74, 6) is -9.37. The first-order chi connectivity index (χ1) is 17.9. The van der Waals surface area contributed by atoms with E-state index < -0.39 is 64.1 Å². The monoisotopic (exact) mass is 592 g/mol. The average molecular weight is 593 g/mol. The number of hydrogen-bond donors (Lipinski definition) is 0. The quantitative estimate of drug-likeness (QED) is 0.422. The van der Waals surface area contributed by atoms with Gasteiger partial charge < -0.3 is 19.0 Å². The molecule has 0 N–H and O–H groups in total. The van der Waals surface area contributed by atoms with Crippen molar-refractivity contribution in [3.63, 3.8) is 0 Å². The molecule has 0 bridgehead atoms. The van der Waals surface area contributed by atoms with Gasteiger partial charge in [0, 0.05) is 43.6 Å². The molecule has 3 fully saturated rings. The summed E-state index contributed by atoms with van der Waals surface area (Å²) in [6, 6.07) is 3.31. The Bertz CT molecular complexity index is 1340. The maximum atomic E-state index is 15.3. The van der Waals surface area contributed by atoms with E-state index in [1.54, 1.807) is 20.8 Å². The molecule has 212 valence electrons. The van der Waals surface area contributed by atoms with Crippen molar-refractivity contribution < 1.29 is 36.3 Å². The van der Waals surface area contributed by atoms with Gasteiger partial charge in [0.15, 0.2) is 0 Å². The van der Waals surface area contributed by atoms with Gasteiger partial charge in [-0.15, -0.1) is 10.2 Å². The number of benzene rings is 1. The van der Waals surface area contributed by atoms with Crippen molar-refractivity contribution in [3.05, 3.63) is 45.6 Å². The van der Waals surface area contributed by atoms with Crippen LogP contribution in [0, 0.1) is 10.8 Å². The fourth-order valence-corrected chi connectivity index (χ4v) is 5.55. The lowest BCUT2D eigenvalue weighted by molar-refractivity contribution is -0.153. The van der Waals surface area contributed by atoms with Crippen LogP contribution in [0.5, 0.6) is 0 Å². The van der Waals surface area contributed by atoms with Crippen molar-refractivity contribution in [2.45, 2.75) is 57.5 Å². The molecule has 14 heteroatoms. The minimum atomic E-state index is -3.70. The molecule has 1 aliphatic carbocycles. The average Bonchev–Trinajstić information content (AvgIpc) is 3.21. The van der Waals surface area contributed by atoms with Gasteiger partial charge in [-0.05, 0) is 39.8 Å². The number of likely N-dealkylation sites (tertiary alicyclic amines) is 2. The topological polar surface area (TPSA) is 88.8 Å². The van der Waals surface area contributed by atoms with Crippen molar-refractivity contribution in [3.8, 4) is 0 Å². The normalized spacial score (nSPS) is 25.5. The van der Waals surface area contributed by atoms with Crippen molar-refractivity contribution in [2.24, 2.45) is 10.8 Å². The van der Waals surface area contributed by atoms with Crippen LogP contribution in [0.3, 0.4) is 0 Å². The summed E-state index contributed by atoms with van der Waals surface area (Å²) in [4.78, 5) is 28.4. The number of halogens is 6. The molecule has 2 saturated heterocycles. The molecule has 1 aromatic carbocycles. The Hall–Kier alpha value is -2.60. The highest BCUT2D eigenvalue weighted by Crippen LogP contribution is 2.62. The first-order valence-electron chi connectivity index (χ1n) is 12.2. The van der Waals surface area contributed by atoms with Gasteiger partial charge in [0.1, 0.15) is 11.0 Å². The maximum Gasteiger partial charge on any atom is 0.410 e. The molecule has 1 aromatic heterocycles. The van der Waals surface area contributed by atoms with Gasteiger partial charge in [0.05, 0.1) is 16.0 Å². The van der Waals surface area contributed by atoms with Crippen LogP contribution >= 0.6 is 23.2 Å². The van der Waals surface area contributed by atoms with Crippen LogP contribution in [0.15, 0.2) is 22.6 Å². The molecule has 0 radical (unpaired) electrons. The SMILES string of the molecule is CC(C)(C)OC(=O)N1CC(c2nnc(C(F)(F)c3ccc(Cl)c(Cl)c3)o2)C2(C1)CN(C(=O)C1(C)CC1(F)F)C2. The van der Waals surface area contributed by atoms with E-state index in [4.69, 9.17) is 32.4 Å². The molecule has 2 atom stereocenters. The first kappa shape index (κ1) is 27.9. The van der Waals surface area contributed by atoms with Gasteiger partial charge in [-0.2, -0.15) is 8.78 Å². The van der Waals surface area contributed by atoms with Gasteiger partial charge in [-0.1, -0.05) is 29.3 Å². The molecule has 2 amide bonds. The highest BCUT2D eigenvalue weighted by molar-refractivity contribution is 6.42. The lowest BCUT2D eigenvalue weighted by Gasteiger charge is -2.50. The number of carbonyl (C=O) groups is 2. The molecule has 2 aliphatic heterocycles. The van der Waals surface area contributed by atoms with Crippen LogP contribution < -0.4 is 0 Å². The second-order valence-electron chi connectivity index (χ2n) is 11.8. The van der Waals surface area contributed by atoms with Crippen LogP contribution in [0.1, 0.15) is 57.4 Å². The van der Waals surface area contributed by atoms with Crippen molar-refractivity contribution in [1.82, 2.24) is 20.0 Å². The third kappa shape index (κ3) is 4.63. The van der Waals surface area contributed by atoms with Gasteiger partial charge in [0.25, 0.3) is 11.8 Å². The lowest BCUT2D eigenvalue weighted by Crippen LogP contribution is -2.63. The third-order valence-corrected chi connectivity index (χ3v) is 8.36. The highest BCUT2D eigenvalue weighted by Gasteiger charge is 2.75. The summed E-state index contributed by atoms with van der Waals surface area (Å²) in [6.07, 6.45) is -1.18. The van der Waals surface area contributed by atoms with E-state index >= 15 is 8.78 Å². The van der Waals surface area contributed by atoms with Crippen LogP contribution in [0.4, 0.5) is 22.4 Å². The molecule has 8 nitrogen and oxygen atoms in total. The summed E-state index contributed by atoms with van der Waals surface area (Å²) in [5, 5.41) is 7.47. The Morgan fingerprint density at radius 2 is 1.69 bits per heavy atom. The summed E-state index contributed by atoms with van der Waals surface area (Å²) >= 11 is 11.7. The van der Waals surface area contributed by atoms with Crippen LogP contribution in [-0.4, -0.2) is 69.7 Å². The van der Waals surface area contributed by atoms with E-state index in [0.29, 0.717) is 0 Å². The predicted molar refractivity (Wildman–Crippen MR) is 131 cm³/mol. The van der Waals surface area contributed by atoms with Gasteiger partial charge in [-0.25, -0.2) is 13.6 Å². The Kier molecular flexibility index (Phi) is 6.23. The second-order valence-corrected chi connectivity index (χ2v) is 12.6. The Morgan fingerprint density at radius 1 is 1.08 bits per heavy atom. The highest BCUT2D eigenvalue weighted by atomic mass is 35.5. The Morgan fingerprint density at radius 3 is 2.26 bits per heavy atom. The Labute approximate surface area is 231 Å². The van der Waals surface area contributed by atoms with Crippen molar-refractivity contribution in [1.29, 1.82) is 0 Å². The number of alkyl halides is 4. The smallest absolute Gasteiger partial charge is 0.410 e. The van der Waals surface area contributed by atoms with E-state index in [2.05, 4.69) is 10.2 Å². The molecule has 5 rings (SSSR count). The molecule has 2 aromatic rings. The molecule has 39 heavy (non-hydrogen) atoms. The number of rotatable bonds is 4. The van der Waals surface area contributed by atoms with E-state index in [1.807, 2.05) is 0 Å². The molecular formula is C25H26Cl2F4N4O4. The third-order valence-electron chi connectivity index (χ3n) is 7.62. The predicted octanol–water partition coefficient (Wildman–Crippen LogP) is 5.72. The molecule has 2 unspecified atom stereocenters. The summed E-state index contributed by atoms with van der Waals surface area (Å²) in [7, 11) is 0. The van der Waals surface area contributed by atoms with E-state index in [-0.39, 0.29) is 42.1 Å². The standard InChI is InChI=1S/C25H26Cl2F4N4O4/c1-21(2,3)39-20(37)34-8-14(23(10-34)11-35(12-23)19(36)22(4)9-24(22,28)29)17-32-33-18(38-17)25(30,31)13-5-6-15(26)16(27)7-13/h5-7,14H,8-12H2,1-4H3. The van der Waals surface area contributed by atoms with Crippen molar-refractivity contribution in [2.75, 3.05) is 26.2 Å². The van der Waals surface area contributed by atoms with Gasteiger partial charge >= 0.3 is 12.0 Å². The number of ether oxygens (including phenoxy) is 1. The molecular weight excluding hydrogens is 567 g/mol. The molecule has 3 aliphatic rings.